The Morgan fingerprint density at radius 2 is 2.05 bits per heavy atom. The topological polar surface area (TPSA) is 61.2 Å². The van der Waals surface area contributed by atoms with Gasteiger partial charge in [-0.2, -0.15) is 5.26 Å². The van der Waals surface area contributed by atoms with E-state index >= 15 is 0 Å². The van der Waals surface area contributed by atoms with Crippen molar-refractivity contribution in [1.82, 2.24) is 4.90 Å². The maximum absolute atomic E-state index is 12.3. The summed E-state index contributed by atoms with van der Waals surface area (Å²) >= 11 is 0. The van der Waals surface area contributed by atoms with E-state index < -0.39 is 10.8 Å². The molecule has 4 heteroatoms. The Morgan fingerprint density at radius 3 is 2.58 bits per heavy atom. The number of nitrogens with zero attached hydrogens (tertiary/aromatic N) is 2. The van der Waals surface area contributed by atoms with Crippen molar-refractivity contribution < 1.29 is 9.59 Å². The van der Waals surface area contributed by atoms with Crippen LogP contribution in [-0.2, 0) is 9.59 Å². The Hall–Kier alpha value is -1.89. The summed E-state index contributed by atoms with van der Waals surface area (Å²) in [4.78, 5) is 25.6. The van der Waals surface area contributed by atoms with Crippen molar-refractivity contribution in [3.05, 3.63) is 23.3 Å². The average Bonchev–Trinajstić information content (AvgIpc) is 2.33. The van der Waals surface area contributed by atoms with Gasteiger partial charge in [-0.3, -0.25) is 9.59 Å². The number of fused-ring (bicyclic) bond motifs is 1. The van der Waals surface area contributed by atoms with E-state index in [0.717, 1.165) is 5.57 Å². The van der Waals surface area contributed by atoms with Gasteiger partial charge in [-0.15, -0.1) is 0 Å². The summed E-state index contributed by atoms with van der Waals surface area (Å²) < 4.78 is 0. The highest BCUT2D eigenvalue weighted by Gasteiger charge is 2.49. The summed E-state index contributed by atoms with van der Waals surface area (Å²) in [5.74, 6) is -0.117. The second kappa shape index (κ2) is 4.06. The fourth-order valence-corrected chi connectivity index (χ4v) is 3.24. The van der Waals surface area contributed by atoms with Gasteiger partial charge in [-0.05, 0) is 19.4 Å². The van der Waals surface area contributed by atoms with Crippen LogP contribution in [0.3, 0.4) is 0 Å². The molecule has 0 fully saturated rings. The minimum absolute atomic E-state index is 0.0122. The van der Waals surface area contributed by atoms with Crippen LogP contribution in [0.25, 0.3) is 0 Å². The van der Waals surface area contributed by atoms with Crippen molar-refractivity contribution in [3.63, 3.8) is 0 Å². The first-order valence-corrected chi connectivity index (χ1v) is 6.37. The third kappa shape index (κ3) is 1.90. The van der Waals surface area contributed by atoms with E-state index in [4.69, 9.17) is 5.26 Å². The van der Waals surface area contributed by atoms with Gasteiger partial charge in [0.15, 0.2) is 5.78 Å². The number of hydrogen-bond acceptors (Lipinski definition) is 3. The monoisotopic (exact) mass is 258 g/mol. The number of ketones is 1. The third-order valence-electron chi connectivity index (χ3n) is 4.16. The van der Waals surface area contributed by atoms with E-state index in [9.17, 15) is 9.59 Å². The normalized spacial score (nSPS) is 29.0. The molecule has 1 aliphatic heterocycles. The van der Waals surface area contributed by atoms with Crippen molar-refractivity contribution in [2.75, 3.05) is 13.1 Å². The van der Waals surface area contributed by atoms with Crippen LogP contribution in [0.15, 0.2) is 23.3 Å². The summed E-state index contributed by atoms with van der Waals surface area (Å²) in [6, 6.07) is 1.99. The van der Waals surface area contributed by atoms with Gasteiger partial charge in [0.2, 0.25) is 5.91 Å². The van der Waals surface area contributed by atoms with Gasteiger partial charge >= 0.3 is 0 Å². The fraction of sp³-hybridized carbons (Fsp3) is 0.533. The molecule has 0 spiro atoms. The van der Waals surface area contributed by atoms with Crippen molar-refractivity contribution >= 4 is 11.7 Å². The molecule has 1 atom stereocenters. The van der Waals surface area contributed by atoms with Crippen LogP contribution in [0.5, 0.6) is 0 Å². The van der Waals surface area contributed by atoms with Crippen LogP contribution in [0.4, 0.5) is 0 Å². The first-order chi connectivity index (χ1) is 8.72. The molecule has 2 aliphatic rings. The molecule has 1 amide bonds. The first kappa shape index (κ1) is 13.5. The predicted octanol–water partition coefficient (Wildman–Crippen LogP) is 1.84. The third-order valence-corrected chi connectivity index (χ3v) is 4.16. The molecule has 4 nitrogen and oxygen atoms in total. The molecule has 1 heterocycles. The summed E-state index contributed by atoms with van der Waals surface area (Å²) in [6.07, 6.45) is 3.69. The molecule has 1 aliphatic carbocycles. The van der Waals surface area contributed by atoms with Crippen LogP contribution in [0.2, 0.25) is 0 Å². The quantitative estimate of drug-likeness (QED) is 0.623. The van der Waals surface area contributed by atoms with Gasteiger partial charge in [0, 0.05) is 25.4 Å². The van der Waals surface area contributed by atoms with Crippen molar-refractivity contribution in [1.29, 1.82) is 5.26 Å². The number of Topliss-reactive ketones (excluding diaryl/α,β-unsaturated/α-hetero) is 1. The van der Waals surface area contributed by atoms with Crippen molar-refractivity contribution in [2.45, 2.75) is 27.7 Å². The number of rotatable bonds is 0. The van der Waals surface area contributed by atoms with Crippen LogP contribution >= 0.6 is 0 Å². The zero-order valence-corrected chi connectivity index (χ0v) is 11.8. The van der Waals surface area contributed by atoms with Crippen LogP contribution in [0.1, 0.15) is 27.7 Å². The Bertz CT molecular complexity index is 563. The van der Waals surface area contributed by atoms with Gasteiger partial charge in [0.25, 0.3) is 0 Å². The number of carbonyl (C=O) groups excluding carboxylic acids is 2. The molecule has 100 valence electrons. The fourth-order valence-electron chi connectivity index (χ4n) is 3.24. The highest BCUT2D eigenvalue weighted by Crippen LogP contribution is 2.49. The van der Waals surface area contributed by atoms with Gasteiger partial charge in [-0.25, -0.2) is 0 Å². The highest BCUT2D eigenvalue weighted by atomic mass is 16.2. The van der Waals surface area contributed by atoms with Crippen molar-refractivity contribution in [2.24, 2.45) is 10.8 Å². The van der Waals surface area contributed by atoms with Crippen LogP contribution in [-0.4, -0.2) is 29.7 Å². The van der Waals surface area contributed by atoms with Gasteiger partial charge in [0.1, 0.15) is 6.07 Å². The lowest BCUT2D eigenvalue weighted by Gasteiger charge is -2.47. The summed E-state index contributed by atoms with van der Waals surface area (Å²) in [5.41, 5.74) is 0.126. The number of hydrogen-bond donors (Lipinski definition) is 0. The predicted molar refractivity (Wildman–Crippen MR) is 70.9 cm³/mol. The van der Waals surface area contributed by atoms with E-state index in [1.165, 1.54) is 6.92 Å². The SMILES string of the molecule is CC(=O)N1CC=C2C(C)(C)C(=O)C(C#N)=C[C@]2(C)C1. The maximum Gasteiger partial charge on any atom is 0.219 e. The Kier molecular flexibility index (Phi) is 2.89. The molecule has 0 aromatic heterocycles. The van der Waals surface area contributed by atoms with Gasteiger partial charge < -0.3 is 4.90 Å². The lowest BCUT2D eigenvalue weighted by atomic mass is 9.60. The summed E-state index contributed by atoms with van der Waals surface area (Å²) in [7, 11) is 0. The molecule has 0 N–H and O–H groups in total. The largest absolute Gasteiger partial charge is 0.338 e. The number of nitriles is 1. The number of carbonyl (C=O) groups is 2. The number of allylic oxidation sites excluding steroid dienone is 1. The molecular weight excluding hydrogens is 240 g/mol. The minimum Gasteiger partial charge on any atom is -0.338 e. The Balaban J connectivity index is 2.58. The van der Waals surface area contributed by atoms with Crippen molar-refractivity contribution in [3.8, 4) is 6.07 Å². The molecule has 0 saturated heterocycles. The molecule has 0 unspecified atom stereocenters. The van der Waals surface area contributed by atoms with E-state index in [1.54, 1.807) is 11.0 Å². The second-order valence-corrected chi connectivity index (χ2v) is 6.06. The van der Waals surface area contributed by atoms with E-state index in [2.05, 4.69) is 0 Å². The molecule has 0 bridgehead atoms. The molecule has 0 aromatic carbocycles. The minimum atomic E-state index is -0.669. The number of amides is 1. The zero-order chi connectivity index (χ0) is 14.4. The molecule has 0 aromatic rings. The Morgan fingerprint density at radius 1 is 1.42 bits per heavy atom. The lowest BCUT2D eigenvalue weighted by Crippen LogP contribution is -2.50. The lowest BCUT2D eigenvalue weighted by molar-refractivity contribution is -0.129. The van der Waals surface area contributed by atoms with E-state index in [0.29, 0.717) is 13.1 Å². The van der Waals surface area contributed by atoms with E-state index in [1.807, 2.05) is 32.9 Å². The first-order valence-electron chi connectivity index (χ1n) is 6.37. The molecule has 19 heavy (non-hydrogen) atoms. The molecule has 2 rings (SSSR count). The second-order valence-electron chi connectivity index (χ2n) is 6.06. The zero-order valence-electron chi connectivity index (χ0n) is 11.8. The van der Waals surface area contributed by atoms with Gasteiger partial charge in [0.05, 0.1) is 11.0 Å². The smallest absolute Gasteiger partial charge is 0.219 e. The molecular formula is C15H18N2O2. The summed E-state index contributed by atoms with van der Waals surface area (Å²) in [6.45, 7) is 8.29. The highest BCUT2D eigenvalue weighted by molar-refractivity contribution is 6.06. The molecule has 0 radical (unpaired) electrons. The average molecular weight is 258 g/mol. The van der Waals surface area contributed by atoms with Crippen LogP contribution in [0, 0.1) is 22.2 Å². The Labute approximate surface area is 113 Å². The molecule has 0 saturated carbocycles. The maximum atomic E-state index is 12.3. The van der Waals surface area contributed by atoms with Gasteiger partial charge in [-0.1, -0.05) is 19.1 Å². The van der Waals surface area contributed by atoms with Crippen LogP contribution < -0.4 is 0 Å². The van der Waals surface area contributed by atoms with E-state index in [-0.39, 0.29) is 17.3 Å². The summed E-state index contributed by atoms with van der Waals surface area (Å²) in [5, 5.41) is 9.13. The standard InChI is InChI=1S/C15H18N2O2/c1-10(18)17-6-5-12-14(2,3)13(19)11(8-16)7-15(12,4)9-17/h5,7H,6,9H2,1-4H3/t15-/m1/s1.